The molecule has 7 nitrogen and oxygen atoms in total. The molecule has 1 N–H and O–H groups in total. The lowest BCUT2D eigenvalue weighted by atomic mass is 10.0. The third-order valence-electron chi connectivity index (χ3n) is 5.11. The SMILES string of the molecule is Cc1ccc([C@@H](CNS(=O)(=O)c2ccc3c(c2)n(C)c(=O)n3C)N(C)C)cc1. The van der Waals surface area contributed by atoms with Crippen LogP contribution in [0.5, 0.6) is 0 Å². The molecular weight excluding hydrogens is 376 g/mol. The number of benzene rings is 2. The minimum atomic E-state index is -3.72. The van der Waals surface area contributed by atoms with Crippen LogP contribution in [0.25, 0.3) is 11.0 Å². The monoisotopic (exact) mass is 402 g/mol. The van der Waals surface area contributed by atoms with Gasteiger partial charge in [0.25, 0.3) is 0 Å². The van der Waals surface area contributed by atoms with Crippen molar-refractivity contribution in [3.8, 4) is 0 Å². The van der Waals surface area contributed by atoms with Crippen molar-refractivity contribution in [2.75, 3.05) is 20.6 Å². The molecule has 0 radical (unpaired) electrons. The third kappa shape index (κ3) is 3.76. The smallest absolute Gasteiger partial charge is 0.301 e. The van der Waals surface area contributed by atoms with Crippen LogP contribution in [-0.4, -0.2) is 43.1 Å². The van der Waals surface area contributed by atoms with Crippen LogP contribution in [0.4, 0.5) is 0 Å². The summed E-state index contributed by atoms with van der Waals surface area (Å²) in [5, 5.41) is 0. The van der Waals surface area contributed by atoms with Crippen molar-refractivity contribution in [2.24, 2.45) is 14.1 Å². The Morgan fingerprint density at radius 2 is 1.61 bits per heavy atom. The van der Waals surface area contributed by atoms with Gasteiger partial charge in [0.1, 0.15) is 0 Å². The molecule has 0 fully saturated rings. The highest BCUT2D eigenvalue weighted by molar-refractivity contribution is 7.89. The average Bonchev–Trinajstić information content (AvgIpc) is 2.87. The molecule has 1 aromatic heterocycles. The summed E-state index contributed by atoms with van der Waals surface area (Å²) in [5.41, 5.74) is 3.28. The van der Waals surface area contributed by atoms with Crippen molar-refractivity contribution in [3.63, 3.8) is 0 Å². The number of aromatic nitrogens is 2. The van der Waals surface area contributed by atoms with Gasteiger partial charge in [0.05, 0.1) is 15.9 Å². The van der Waals surface area contributed by atoms with Crippen molar-refractivity contribution < 1.29 is 8.42 Å². The van der Waals surface area contributed by atoms with E-state index in [-0.39, 0.29) is 23.2 Å². The van der Waals surface area contributed by atoms with Gasteiger partial charge in [-0.1, -0.05) is 29.8 Å². The van der Waals surface area contributed by atoms with Gasteiger partial charge in [-0.3, -0.25) is 9.13 Å². The fourth-order valence-corrected chi connectivity index (χ4v) is 4.37. The quantitative estimate of drug-likeness (QED) is 0.682. The Balaban J connectivity index is 1.88. The van der Waals surface area contributed by atoms with E-state index in [0.29, 0.717) is 11.0 Å². The van der Waals surface area contributed by atoms with Gasteiger partial charge in [0.2, 0.25) is 10.0 Å². The lowest BCUT2D eigenvalue weighted by molar-refractivity contribution is 0.299. The molecular formula is C20H26N4O3S. The Hall–Kier alpha value is -2.42. The summed E-state index contributed by atoms with van der Waals surface area (Å²) in [6.07, 6.45) is 0. The Labute approximate surface area is 165 Å². The molecule has 1 heterocycles. The zero-order chi connectivity index (χ0) is 20.6. The first kappa shape index (κ1) is 20.3. The predicted molar refractivity (Wildman–Crippen MR) is 111 cm³/mol. The van der Waals surface area contributed by atoms with Crippen LogP contribution in [0.15, 0.2) is 52.2 Å². The van der Waals surface area contributed by atoms with Crippen molar-refractivity contribution in [2.45, 2.75) is 17.9 Å². The number of hydrogen-bond acceptors (Lipinski definition) is 4. The predicted octanol–water partition coefficient (Wildman–Crippen LogP) is 1.77. The topological polar surface area (TPSA) is 76.3 Å². The number of nitrogens with zero attached hydrogens (tertiary/aromatic N) is 3. The van der Waals surface area contributed by atoms with Crippen molar-refractivity contribution in [1.82, 2.24) is 18.8 Å². The highest BCUT2D eigenvalue weighted by atomic mass is 32.2. The second-order valence-electron chi connectivity index (χ2n) is 7.29. The van der Waals surface area contributed by atoms with Gasteiger partial charge >= 0.3 is 5.69 Å². The van der Waals surface area contributed by atoms with Gasteiger partial charge in [0.15, 0.2) is 0 Å². The van der Waals surface area contributed by atoms with Gasteiger partial charge in [-0.25, -0.2) is 17.9 Å². The van der Waals surface area contributed by atoms with Crippen LogP contribution in [0.3, 0.4) is 0 Å². The van der Waals surface area contributed by atoms with Crippen LogP contribution in [0.1, 0.15) is 17.2 Å². The number of aryl methyl sites for hydroxylation is 3. The molecule has 0 aliphatic heterocycles. The standard InChI is InChI=1S/C20H26N4O3S/c1-14-6-8-15(9-7-14)19(22(2)3)13-21-28(26,27)16-10-11-17-18(12-16)24(5)20(25)23(17)4/h6-12,19,21H,13H2,1-5H3/t19-/m1/s1. The van der Waals surface area contributed by atoms with E-state index in [2.05, 4.69) is 4.72 Å². The molecule has 3 rings (SSSR count). The second kappa shape index (κ2) is 7.54. The Morgan fingerprint density at radius 3 is 2.21 bits per heavy atom. The summed E-state index contributed by atoms with van der Waals surface area (Å²) < 4.78 is 31.4. The maximum atomic E-state index is 12.9. The van der Waals surface area contributed by atoms with E-state index >= 15 is 0 Å². The number of fused-ring (bicyclic) bond motifs is 1. The normalized spacial score (nSPS) is 13.4. The summed E-state index contributed by atoms with van der Waals surface area (Å²) in [6, 6.07) is 12.7. The summed E-state index contributed by atoms with van der Waals surface area (Å²) in [4.78, 5) is 14.2. The maximum Gasteiger partial charge on any atom is 0.328 e. The second-order valence-corrected chi connectivity index (χ2v) is 9.06. The van der Waals surface area contributed by atoms with Crippen LogP contribution < -0.4 is 10.4 Å². The molecule has 28 heavy (non-hydrogen) atoms. The van der Waals surface area contributed by atoms with Crippen molar-refractivity contribution in [1.29, 1.82) is 0 Å². The number of sulfonamides is 1. The Morgan fingerprint density at radius 1 is 1.00 bits per heavy atom. The number of hydrogen-bond donors (Lipinski definition) is 1. The largest absolute Gasteiger partial charge is 0.328 e. The molecule has 0 saturated carbocycles. The first-order valence-electron chi connectivity index (χ1n) is 9.00. The van der Waals surface area contributed by atoms with Crippen LogP contribution >= 0.6 is 0 Å². The van der Waals surface area contributed by atoms with E-state index in [1.54, 1.807) is 20.2 Å². The summed E-state index contributed by atoms with van der Waals surface area (Å²) >= 11 is 0. The van der Waals surface area contributed by atoms with Crippen LogP contribution in [-0.2, 0) is 24.1 Å². The molecule has 2 aromatic carbocycles. The molecule has 0 amide bonds. The molecule has 1 atom stereocenters. The Bertz CT molecular complexity index is 1160. The van der Waals surface area contributed by atoms with Gasteiger partial charge < -0.3 is 4.90 Å². The lowest BCUT2D eigenvalue weighted by Gasteiger charge is -2.25. The number of likely N-dealkylation sites (N-methyl/N-ethyl adjacent to an activating group) is 1. The van der Waals surface area contributed by atoms with Gasteiger partial charge in [-0.05, 0) is 44.8 Å². The molecule has 0 aliphatic rings. The fourth-order valence-electron chi connectivity index (χ4n) is 3.31. The van der Waals surface area contributed by atoms with Crippen LogP contribution in [0, 0.1) is 6.92 Å². The average molecular weight is 403 g/mol. The highest BCUT2D eigenvalue weighted by Gasteiger charge is 2.21. The van der Waals surface area contributed by atoms with E-state index in [1.165, 1.54) is 21.3 Å². The molecule has 3 aromatic rings. The van der Waals surface area contributed by atoms with Gasteiger partial charge in [-0.2, -0.15) is 0 Å². The summed E-state index contributed by atoms with van der Waals surface area (Å²) in [7, 11) is 3.42. The molecule has 0 unspecified atom stereocenters. The number of rotatable bonds is 6. The van der Waals surface area contributed by atoms with E-state index in [0.717, 1.165) is 11.1 Å². The zero-order valence-electron chi connectivity index (χ0n) is 16.8. The molecule has 8 heteroatoms. The molecule has 0 bridgehead atoms. The lowest BCUT2D eigenvalue weighted by Crippen LogP contribution is -2.34. The first-order valence-corrected chi connectivity index (χ1v) is 10.5. The molecule has 0 spiro atoms. The molecule has 150 valence electrons. The van der Waals surface area contributed by atoms with Gasteiger partial charge in [-0.15, -0.1) is 0 Å². The van der Waals surface area contributed by atoms with E-state index in [1.807, 2.05) is 50.2 Å². The van der Waals surface area contributed by atoms with E-state index < -0.39 is 10.0 Å². The maximum absolute atomic E-state index is 12.9. The van der Waals surface area contributed by atoms with E-state index in [9.17, 15) is 13.2 Å². The van der Waals surface area contributed by atoms with Crippen molar-refractivity contribution >= 4 is 21.1 Å². The van der Waals surface area contributed by atoms with Crippen LogP contribution in [0.2, 0.25) is 0 Å². The molecule has 0 saturated heterocycles. The Kier molecular flexibility index (Phi) is 5.47. The first-order chi connectivity index (χ1) is 13.1. The van der Waals surface area contributed by atoms with E-state index in [4.69, 9.17) is 0 Å². The third-order valence-corrected chi connectivity index (χ3v) is 6.53. The summed E-state index contributed by atoms with van der Waals surface area (Å²) in [6.45, 7) is 2.26. The van der Waals surface area contributed by atoms with Crippen molar-refractivity contribution in [3.05, 3.63) is 64.1 Å². The van der Waals surface area contributed by atoms with Gasteiger partial charge in [0, 0.05) is 26.7 Å². The number of nitrogens with one attached hydrogen (secondary N) is 1. The zero-order valence-corrected chi connectivity index (χ0v) is 17.6. The molecule has 0 aliphatic carbocycles. The highest BCUT2D eigenvalue weighted by Crippen LogP contribution is 2.21. The minimum absolute atomic E-state index is 0.0970. The fraction of sp³-hybridized carbons (Fsp3) is 0.350. The number of imidazole rings is 1. The summed E-state index contributed by atoms with van der Waals surface area (Å²) in [5.74, 6) is 0. The minimum Gasteiger partial charge on any atom is -0.301 e.